The Hall–Kier alpha value is -2.83. The molecule has 7 heteroatoms. The first-order valence-corrected chi connectivity index (χ1v) is 10.6. The predicted octanol–water partition coefficient (Wildman–Crippen LogP) is 3.61. The molecule has 1 saturated heterocycles. The van der Waals surface area contributed by atoms with Gasteiger partial charge in [0.2, 0.25) is 5.91 Å². The van der Waals surface area contributed by atoms with Crippen molar-refractivity contribution in [2.24, 2.45) is 11.3 Å². The van der Waals surface area contributed by atoms with Gasteiger partial charge in [-0.15, -0.1) is 0 Å². The van der Waals surface area contributed by atoms with E-state index >= 15 is 0 Å². The molecule has 1 aromatic carbocycles. The lowest BCUT2D eigenvalue weighted by molar-refractivity contribution is -0.153. The molecule has 1 fully saturated rings. The monoisotopic (exact) mass is 428 g/mol. The van der Waals surface area contributed by atoms with Gasteiger partial charge in [-0.25, -0.2) is 9.59 Å². The number of amides is 2. The average molecular weight is 429 g/mol. The maximum absolute atomic E-state index is 13.1. The summed E-state index contributed by atoms with van der Waals surface area (Å²) in [5.41, 5.74) is 2.90. The zero-order chi connectivity index (χ0) is 22.9. The van der Waals surface area contributed by atoms with Crippen LogP contribution < -0.4 is 0 Å². The quantitative estimate of drug-likeness (QED) is 0.685. The molecule has 3 rings (SSSR count). The second-order valence-electron chi connectivity index (χ2n) is 9.40. The molecule has 0 spiro atoms. The summed E-state index contributed by atoms with van der Waals surface area (Å²) in [5, 5.41) is 0. The second-order valence-corrected chi connectivity index (χ2v) is 9.40. The Kier molecular flexibility index (Phi) is 6.43. The minimum atomic E-state index is -0.747. The van der Waals surface area contributed by atoms with Crippen LogP contribution in [0.5, 0.6) is 0 Å². The van der Waals surface area contributed by atoms with Crippen molar-refractivity contribution >= 4 is 24.0 Å². The van der Waals surface area contributed by atoms with Crippen LogP contribution in [0.3, 0.4) is 0 Å². The molecule has 31 heavy (non-hydrogen) atoms. The number of benzene rings is 1. The molecule has 0 aromatic heterocycles. The summed E-state index contributed by atoms with van der Waals surface area (Å²) in [5.74, 6) is -0.914. The zero-order valence-electron chi connectivity index (χ0n) is 19.0. The van der Waals surface area contributed by atoms with Gasteiger partial charge in [0.15, 0.2) is 0 Å². The molecule has 2 amide bonds. The van der Waals surface area contributed by atoms with Gasteiger partial charge in [-0.2, -0.15) is 0 Å². The van der Waals surface area contributed by atoms with Gasteiger partial charge < -0.3 is 14.4 Å². The van der Waals surface area contributed by atoms with Crippen LogP contribution in [0.25, 0.3) is 6.08 Å². The largest absolute Gasteiger partial charge is 0.467 e. The summed E-state index contributed by atoms with van der Waals surface area (Å²) >= 11 is 0. The van der Waals surface area contributed by atoms with E-state index < -0.39 is 24.2 Å². The molecule has 2 aliphatic rings. The topological polar surface area (TPSA) is 76.2 Å². The average Bonchev–Trinajstić information content (AvgIpc) is 3.35. The number of fused-ring (bicyclic) bond motifs is 1. The summed E-state index contributed by atoms with van der Waals surface area (Å²) in [6.45, 7) is 12.7. The minimum Gasteiger partial charge on any atom is -0.467 e. The van der Waals surface area contributed by atoms with Crippen molar-refractivity contribution in [3.63, 3.8) is 0 Å². The number of likely N-dealkylation sites (tertiary alicyclic amines) is 1. The third-order valence-electron chi connectivity index (χ3n) is 6.45. The van der Waals surface area contributed by atoms with Crippen molar-refractivity contribution in [2.75, 3.05) is 13.7 Å². The van der Waals surface area contributed by atoms with Crippen molar-refractivity contribution in [1.82, 2.24) is 9.80 Å². The number of rotatable bonds is 4. The Labute approximate surface area is 184 Å². The summed E-state index contributed by atoms with van der Waals surface area (Å²) in [6.07, 6.45) is 1.01. The minimum absolute atomic E-state index is 0.134. The lowest BCUT2D eigenvalue weighted by Gasteiger charge is -2.32. The first-order valence-electron chi connectivity index (χ1n) is 10.6. The molecule has 0 radical (unpaired) electrons. The molecule has 0 bridgehead atoms. The van der Waals surface area contributed by atoms with Crippen molar-refractivity contribution in [3.8, 4) is 0 Å². The van der Waals surface area contributed by atoms with Crippen molar-refractivity contribution < 1.29 is 23.9 Å². The van der Waals surface area contributed by atoms with E-state index in [-0.39, 0.29) is 30.2 Å². The lowest BCUT2D eigenvalue weighted by atomic mass is 9.81. The maximum Gasteiger partial charge on any atom is 0.410 e. The molecule has 0 N–H and O–H groups in total. The fraction of sp³-hybridized carbons (Fsp3) is 0.542. The van der Waals surface area contributed by atoms with Gasteiger partial charge in [0.1, 0.15) is 12.1 Å². The Bertz CT molecular complexity index is 888. The van der Waals surface area contributed by atoms with Crippen LogP contribution in [0, 0.1) is 11.3 Å². The zero-order valence-corrected chi connectivity index (χ0v) is 19.0. The number of hydrogen-bond donors (Lipinski definition) is 0. The normalized spacial score (nSPS) is 21.5. The van der Waals surface area contributed by atoms with Gasteiger partial charge in [0.25, 0.3) is 0 Å². The third-order valence-corrected chi connectivity index (χ3v) is 6.45. The molecule has 3 atom stereocenters. The summed E-state index contributed by atoms with van der Waals surface area (Å²) in [7, 11) is 1.30. The van der Waals surface area contributed by atoms with E-state index in [1.807, 2.05) is 45.9 Å². The number of nitrogens with zero attached hydrogens (tertiary/aromatic N) is 2. The molecule has 2 aliphatic heterocycles. The van der Waals surface area contributed by atoms with E-state index in [0.29, 0.717) is 13.1 Å². The van der Waals surface area contributed by atoms with E-state index in [2.05, 4.69) is 6.58 Å². The molecule has 1 aromatic rings. The van der Waals surface area contributed by atoms with Gasteiger partial charge in [0.05, 0.1) is 20.2 Å². The summed E-state index contributed by atoms with van der Waals surface area (Å²) < 4.78 is 10.6. The van der Waals surface area contributed by atoms with E-state index in [1.54, 1.807) is 11.0 Å². The first-order chi connectivity index (χ1) is 14.6. The molecule has 2 heterocycles. The Morgan fingerprint density at radius 3 is 2.55 bits per heavy atom. The molecule has 0 unspecified atom stereocenters. The number of carbonyl (C=O) groups is 3. The number of esters is 1. The number of methoxy groups -OCH3 is 1. The van der Waals surface area contributed by atoms with Crippen LogP contribution in [0.4, 0.5) is 4.79 Å². The van der Waals surface area contributed by atoms with Gasteiger partial charge in [0, 0.05) is 18.9 Å². The highest BCUT2D eigenvalue weighted by Crippen LogP contribution is 2.32. The lowest BCUT2D eigenvalue weighted by Crippen LogP contribution is -2.46. The van der Waals surface area contributed by atoms with Crippen LogP contribution >= 0.6 is 0 Å². The Morgan fingerprint density at radius 2 is 1.94 bits per heavy atom. The Balaban J connectivity index is 1.69. The number of carbonyl (C=O) groups excluding carboxylic acids is 3. The van der Waals surface area contributed by atoms with Gasteiger partial charge in [-0.3, -0.25) is 9.69 Å². The molecule has 0 aliphatic carbocycles. The van der Waals surface area contributed by atoms with Crippen LogP contribution in [-0.2, 0) is 32.2 Å². The summed E-state index contributed by atoms with van der Waals surface area (Å²) in [4.78, 5) is 41.4. The van der Waals surface area contributed by atoms with Gasteiger partial charge in [-0.1, -0.05) is 58.5 Å². The number of hydrogen-bond acceptors (Lipinski definition) is 5. The van der Waals surface area contributed by atoms with E-state index in [0.717, 1.165) is 16.7 Å². The van der Waals surface area contributed by atoms with Crippen molar-refractivity contribution in [1.29, 1.82) is 0 Å². The number of ether oxygens (including phenoxy) is 2. The fourth-order valence-electron chi connectivity index (χ4n) is 4.09. The third kappa shape index (κ3) is 4.60. The van der Waals surface area contributed by atoms with E-state index in [9.17, 15) is 14.4 Å². The molecule has 7 nitrogen and oxygen atoms in total. The van der Waals surface area contributed by atoms with Crippen molar-refractivity contribution in [2.45, 2.75) is 59.4 Å². The highest BCUT2D eigenvalue weighted by molar-refractivity contribution is 5.87. The maximum atomic E-state index is 13.1. The van der Waals surface area contributed by atoms with Gasteiger partial charge in [-0.05, 0) is 22.1 Å². The smallest absolute Gasteiger partial charge is 0.410 e. The molecular weight excluding hydrogens is 396 g/mol. The Morgan fingerprint density at radius 1 is 1.23 bits per heavy atom. The van der Waals surface area contributed by atoms with E-state index in [4.69, 9.17) is 9.47 Å². The first kappa shape index (κ1) is 22.8. The van der Waals surface area contributed by atoms with Crippen LogP contribution in [0.15, 0.2) is 24.8 Å². The SMILES string of the molecule is C=Cc1cccc2c1CN(C(=O)O[C@@H]1C[C@@H](C(=O)OC)N(C(=O)[C@@H](C)C(C)(C)C)C1)C2. The molecule has 0 saturated carbocycles. The molecule has 168 valence electrons. The highest BCUT2D eigenvalue weighted by atomic mass is 16.6. The van der Waals surface area contributed by atoms with E-state index in [1.165, 1.54) is 12.0 Å². The molecular formula is C24H32N2O5. The van der Waals surface area contributed by atoms with Crippen molar-refractivity contribution in [3.05, 3.63) is 41.5 Å². The second kappa shape index (κ2) is 8.73. The predicted molar refractivity (Wildman–Crippen MR) is 117 cm³/mol. The van der Waals surface area contributed by atoms with Crippen LogP contribution in [0.2, 0.25) is 0 Å². The standard InChI is InChI=1S/C24H32N2O5/c1-7-16-9-8-10-17-12-25(14-19(16)17)23(29)31-18-11-20(22(28)30-6)26(13-18)21(27)15(2)24(3,4)5/h7-10,15,18,20H,1,11-14H2,2-6H3/t15-,18-,20+/m1/s1. The summed E-state index contributed by atoms with van der Waals surface area (Å²) in [6, 6.07) is 5.16. The fourth-order valence-corrected chi connectivity index (χ4v) is 4.09. The highest BCUT2D eigenvalue weighted by Gasteiger charge is 2.45. The van der Waals surface area contributed by atoms with Crippen LogP contribution in [0.1, 0.15) is 50.8 Å². The van der Waals surface area contributed by atoms with Gasteiger partial charge >= 0.3 is 12.1 Å². The van der Waals surface area contributed by atoms with Crippen LogP contribution in [-0.4, -0.2) is 53.6 Å².